The first-order chi connectivity index (χ1) is 13.2. The van der Waals surface area contributed by atoms with Crippen LogP contribution in [-0.2, 0) is 0 Å². The molecule has 0 spiro atoms. The van der Waals surface area contributed by atoms with E-state index in [1.165, 1.54) is 17.7 Å². The summed E-state index contributed by atoms with van der Waals surface area (Å²) in [4.78, 5) is 14.8. The number of carbonyl (C=O) groups excluding carboxylic acids is 1. The van der Waals surface area contributed by atoms with Crippen LogP contribution in [0, 0.1) is 5.82 Å². The number of hydrogen-bond acceptors (Lipinski definition) is 4. The smallest absolute Gasteiger partial charge is 0.253 e. The molecule has 2 aliphatic heterocycles. The van der Waals surface area contributed by atoms with Crippen LogP contribution in [0.15, 0.2) is 48.5 Å². The minimum Gasteiger partial charge on any atom is -0.381 e. The van der Waals surface area contributed by atoms with Gasteiger partial charge in [-0.1, -0.05) is 12.1 Å². The van der Waals surface area contributed by atoms with Crippen molar-refractivity contribution in [3.05, 3.63) is 65.5 Å². The Morgan fingerprint density at radius 3 is 2.56 bits per heavy atom. The van der Waals surface area contributed by atoms with Gasteiger partial charge >= 0.3 is 0 Å². The number of rotatable bonds is 4. The fourth-order valence-electron chi connectivity index (χ4n) is 3.84. The molecule has 3 N–H and O–H groups in total. The van der Waals surface area contributed by atoms with Crippen LogP contribution in [0.3, 0.4) is 0 Å². The summed E-state index contributed by atoms with van der Waals surface area (Å²) in [6, 6.07) is 14.8. The molecule has 0 radical (unpaired) electrons. The Hall–Kier alpha value is -2.44. The maximum Gasteiger partial charge on any atom is 0.253 e. The monoisotopic (exact) mass is 368 g/mol. The molecule has 5 nitrogen and oxygen atoms in total. The summed E-state index contributed by atoms with van der Waals surface area (Å²) in [6.45, 7) is 2.39. The Bertz CT molecular complexity index is 772. The van der Waals surface area contributed by atoms with E-state index in [9.17, 15) is 9.18 Å². The first-order valence-electron chi connectivity index (χ1n) is 9.59. The lowest BCUT2D eigenvalue weighted by Gasteiger charge is -2.34. The molecule has 1 amide bonds. The number of likely N-dealkylation sites (tertiary alicyclic amines) is 1. The predicted molar refractivity (Wildman–Crippen MR) is 104 cm³/mol. The zero-order valence-electron chi connectivity index (χ0n) is 15.2. The Morgan fingerprint density at radius 2 is 1.85 bits per heavy atom. The van der Waals surface area contributed by atoms with E-state index >= 15 is 0 Å². The summed E-state index contributed by atoms with van der Waals surface area (Å²) < 4.78 is 13.1. The number of hydrogen-bond donors (Lipinski definition) is 3. The highest BCUT2D eigenvalue weighted by molar-refractivity contribution is 5.94. The second-order valence-electron chi connectivity index (χ2n) is 7.28. The van der Waals surface area contributed by atoms with Crippen LogP contribution in [0.1, 0.15) is 41.2 Å². The molecule has 0 aromatic heterocycles. The van der Waals surface area contributed by atoms with E-state index in [1.807, 2.05) is 29.2 Å². The summed E-state index contributed by atoms with van der Waals surface area (Å²) >= 11 is 0. The SMILES string of the molecule is O=C(c1ccc(C2CCNN2)cc1)N1CCCC(Nc2ccc(F)cc2)C1. The molecule has 2 atom stereocenters. The second-order valence-corrected chi connectivity index (χ2v) is 7.28. The fraction of sp³-hybridized carbons (Fsp3) is 0.381. The van der Waals surface area contributed by atoms with Crippen molar-refractivity contribution in [3.63, 3.8) is 0 Å². The van der Waals surface area contributed by atoms with E-state index in [0.29, 0.717) is 12.6 Å². The van der Waals surface area contributed by atoms with E-state index in [2.05, 4.69) is 16.2 Å². The molecule has 2 aliphatic rings. The lowest BCUT2D eigenvalue weighted by molar-refractivity contribution is 0.0715. The van der Waals surface area contributed by atoms with Crippen LogP contribution in [0.2, 0.25) is 0 Å². The van der Waals surface area contributed by atoms with Crippen LogP contribution in [0.4, 0.5) is 10.1 Å². The Kier molecular flexibility index (Phi) is 5.36. The third kappa shape index (κ3) is 4.28. The van der Waals surface area contributed by atoms with E-state index in [4.69, 9.17) is 0 Å². The van der Waals surface area contributed by atoms with Crippen molar-refractivity contribution in [2.45, 2.75) is 31.3 Å². The summed E-state index contributed by atoms with van der Waals surface area (Å²) in [5, 5.41) is 3.41. The normalized spacial score (nSPS) is 22.6. The first-order valence-corrected chi connectivity index (χ1v) is 9.59. The quantitative estimate of drug-likeness (QED) is 0.776. The minimum absolute atomic E-state index is 0.0738. The number of piperidine rings is 1. The Labute approximate surface area is 158 Å². The first kappa shape index (κ1) is 17.9. The van der Waals surface area contributed by atoms with Crippen LogP contribution < -0.4 is 16.2 Å². The van der Waals surface area contributed by atoms with Crippen molar-refractivity contribution in [2.24, 2.45) is 0 Å². The molecule has 2 saturated heterocycles. The molecule has 4 rings (SSSR count). The molecule has 2 aromatic carbocycles. The molecule has 142 valence electrons. The van der Waals surface area contributed by atoms with Crippen LogP contribution >= 0.6 is 0 Å². The number of benzene rings is 2. The number of carbonyl (C=O) groups is 1. The van der Waals surface area contributed by atoms with E-state index in [-0.39, 0.29) is 17.8 Å². The third-order valence-electron chi connectivity index (χ3n) is 5.32. The average molecular weight is 368 g/mol. The second kappa shape index (κ2) is 8.06. The molecule has 2 fully saturated rings. The highest BCUT2D eigenvalue weighted by Gasteiger charge is 2.25. The maximum atomic E-state index is 13.1. The number of nitrogens with one attached hydrogen (secondary N) is 3. The molecule has 6 heteroatoms. The third-order valence-corrected chi connectivity index (χ3v) is 5.32. The average Bonchev–Trinajstić information content (AvgIpc) is 3.24. The number of nitrogens with zero attached hydrogens (tertiary/aromatic N) is 1. The molecular formula is C21H25FN4O. The van der Waals surface area contributed by atoms with Crippen molar-refractivity contribution in [1.29, 1.82) is 0 Å². The van der Waals surface area contributed by atoms with Gasteiger partial charge in [0.25, 0.3) is 5.91 Å². The van der Waals surface area contributed by atoms with Crippen molar-refractivity contribution in [2.75, 3.05) is 25.0 Å². The van der Waals surface area contributed by atoms with Gasteiger partial charge in [0.05, 0.1) is 0 Å². The summed E-state index contributed by atoms with van der Waals surface area (Å²) in [5.41, 5.74) is 9.19. The van der Waals surface area contributed by atoms with Gasteiger partial charge in [0.15, 0.2) is 0 Å². The van der Waals surface area contributed by atoms with Crippen molar-refractivity contribution in [1.82, 2.24) is 15.8 Å². The van der Waals surface area contributed by atoms with Gasteiger partial charge < -0.3 is 10.2 Å². The lowest BCUT2D eigenvalue weighted by Crippen LogP contribution is -2.45. The Morgan fingerprint density at radius 1 is 1.07 bits per heavy atom. The molecule has 2 heterocycles. The molecular weight excluding hydrogens is 343 g/mol. The lowest BCUT2D eigenvalue weighted by atomic mass is 10.0. The molecule has 2 aromatic rings. The van der Waals surface area contributed by atoms with Crippen molar-refractivity contribution >= 4 is 11.6 Å². The molecule has 0 saturated carbocycles. The number of amides is 1. The molecule has 0 aliphatic carbocycles. The zero-order valence-corrected chi connectivity index (χ0v) is 15.2. The Balaban J connectivity index is 1.38. The minimum atomic E-state index is -0.243. The fourth-order valence-corrected chi connectivity index (χ4v) is 3.84. The maximum absolute atomic E-state index is 13.1. The summed E-state index contributed by atoms with van der Waals surface area (Å²) in [5.74, 6) is -0.169. The van der Waals surface area contributed by atoms with Gasteiger partial charge in [-0.2, -0.15) is 0 Å². The largest absolute Gasteiger partial charge is 0.381 e. The van der Waals surface area contributed by atoms with E-state index in [1.54, 1.807) is 12.1 Å². The topological polar surface area (TPSA) is 56.4 Å². The van der Waals surface area contributed by atoms with Gasteiger partial charge in [-0.25, -0.2) is 4.39 Å². The van der Waals surface area contributed by atoms with Gasteiger partial charge in [-0.05, 0) is 61.2 Å². The number of halogens is 1. The zero-order chi connectivity index (χ0) is 18.6. The molecule has 27 heavy (non-hydrogen) atoms. The predicted octanol–water partition coefficient (Wildman–Crippen LogP) is 3.08. The van der Waals surface area contributed by atoms with Crippen molar-refractivity contribution < 1.29 is 9.18 Å². The highest BCUT2D eigenvalue weighted by Crippen LogP contribution is 2.21. The van der Waals surface area contributed by atoms with Gasteiger partial charge in [0.1, 0.15) is 5.82 Å². The molecule has 2 unspecified atom stereocenters. The van der Waals surface area contributed by atoms with E-state index < -0.39 is 0 Å². The van der Waals surface area contributed by atoms with Crippen LogP contribution in [-0.4, -0.2) is 36.5 Å². The summed E-state index contributed by atoms with van der Waals surface area (Å²) in [6.07, 6.45) is 3.01. The standard InChI is InChI=1S/C21H25FN4O/c22-17-7-9-18(10-8-17)24-19-2-1-13-26(14-19)21(27)16-5-3-15(4-6-16)20-11-12-23-25-20/h3-10,19-20,23-25H,1-2,11-14H2. The van der Waals surface area contributed by atoms with Gasteiger partial charge in [-0.15, -0.1) is 0 Å². The van der Waals surface area contributed by atoms with Gasteiger partial charge in [-0.3, -0.25) is 15.6 Å². The van der Waals surface area contributed by atoms with Gasteiger partial charge in [0, 0.05) is 43.0 Å². The van der Waals surface area contributed by atoms with E-state index in [0.717, 1.165) is 43.6 Å². The summed E-state index contributed by atoms with van der Waals surface area (Å²) in [7, 11) is 0. The van der Waals surface area contributed by atoms with Crippen LogP contribution in [0.25, 0.3) is 0 Å². The highest BCUT2D eigenvalue weighted by atomic mass is 19.1. The van der Waals surface area contributed by atoms with Crippen molar-refractivity contribution in [3.8, 4) is 0 Å². The van der Waals surface area contributed by atoms with Gasteiger partial charge in [0.2, 0.25) is 0 Å². The van der Waals surface area contributed by atoms with Crippen LogP contribution in [0.5, 0.6) is 0 Å². The molecule has 0 bridgehead atoms. The number of hydrazine groups is 1. The number of anilines is 1.